The molecule has 3 aromatic heterocycles. The molecule has 4 nitrogen and oxygen atoms in total. The maximum Gasteiger partial charge on any atom is 0.238 e. The summed E-state index contributed by atoms with van der Waals surface area (Å²) in [5, 5.41) is 7.19. The minimum atomic E-state index is 0.596. The smallest absolute Gasteiger partial charge is 0.238 e. The molecule has 0 unspecified atom stereocenters. The number of aromatic nitrogens is 4. The van der Waals surface area contributed by atoms with Crippen molar-refractivity contribution in [3.8, 4) is 39.9 Å². The largest absolute Gasteiger partial charge is 0.278 e. The Morgan fingerprint density at radius 2 is 0.979 bits per heavy atom. The standard InChI is InChI=1S/C43H26N4S/c1-2-10-27(11-3-1)28-18-20-29(21-19-28)41-44-42(32-22-23-40-36(25-32)34-15-7-9-17-39(34)48-40)46-43(45-41)47-37-16-8-6-14-33(37)35-24-30-12-4-5-13-31(30)26-38(35)47/h1-26H. The molecule has 224 valence electrons. The number of para-hydroxylation sites is 1. The second-order valence-electron chi connectivity index (χ2n) is 12.1. The van der Waals surface area contributed by atoms with E-state index in [1.54, 1.807) is 0 Å². The lowest BCUT2D eigenvalue weighted by molar-refractivity contribution is 0.954. The van der Waals surface area contributed by atoms with E-state index >= 15 is 0 Å². The minimum Gasteiger partial charge on any atom is -0.278 e. The zero-order valence-corrected chi connectivity index (χ0v) is 26.5. The first-order valence-corrected chi connectivity index (χ1v) is 16.8. The number of hydrogen-bond acceptors (Lipinski definition) is 4. The summed E-state index contributed by atoms with van der Waals surface area (Å²) < 4.78 is 4.72. The number of rotatable bonds is 4. The van der Waals surface area contributed by atoms with Crippen LogP contribution in [0, 0.1) is 0 Å². The Kier molecular flexibility index (Phi) is 6.01. The topological polar surface area (TPSA) is 43.6 Å². The fourth-order valence-electron chi connectivity index (χ4n) is 6.90. The lowest BCUT2D eigenvalue weighted by Gasteiger charge is -2.12. The van der Waals surface area contributed by atoms with Crippen LogP contribution in [-0.4, -0.2) is 19.5 Å². The molecule has 0 atom stereocenters. The molecule has 10 aromatic rings. The molecule has 0 amide bonds. The van der Waals surface area contributed by atoms with Gasteiger partial charge in [-0.05, 0) is 64.4 Å². The van der Waals surface area contributed by atoms with E-state index < -0.39 is 0 Å². The van der Waals surface area contributed by atoms with Crippen LogP contribution >= 0.6 is 11.3 Å². The van der Waals surface area contributed by atoms with E-state index in [9.17, 15) is 0 Å². The van der Waals surface area contributed by atoms with Gasteiger partial charge in [-0.2, -0.15) is 9.97 Å². The zero-order chi connectivity index (χ0) is 31.6. The highest BCUT2D eigenvalue weighted by atomic mass is 32.1. The Morgan fingerprint density at radius 1 is 0.375 bits per heavy atom. The molecular weight excluding hydrogens is 605 g/mol. The van der Waals surface area contributed by atoms with Crippen LogP contribution in [0.3, 0.4) is 0 Å². The predicted octanol–water partition coefficient (Wildman–Crippen LogP) is 11.5. The Balaban J connectivity index is 1.23. The first-order valence-electron chi connectivity index (χ1n) is 16.0. The number of thiophene rings is 1. The Bertz CT molecular complexity index is 2830. The third-order valence-corrected chi connectivity index (χ3v) is 10.4. The van der Waals surface area contributed by atoms with Crippen LogP contribution in [0.25, 0.3) is 92.6 Å². The number of hydrogen-bond donors (Lipinski definition) is 0. The highest BCUT2D eigenvalue weighted by molar-refractivity contribution is 7.25. The van der Waals surface area contributed by atoms with Gasteiger partial charge < -0.3 is 0 Å². The van der Waals surface area contributed by atoms with Crippen LogP contribution in [0.4, 0.5) is 0 Å². The van der Waals surface area contributed by atoms with Crippen LogP contribution in [0.5, 0.6) is 0 Å². The quantitative estimate of drug-likeness (QED) is 0.194. The fourth-order valence-corrected chi connectivity index (χ4v) is 7.99. The molecule has 0 aliphatic carbocycles. The van der Waals surface area contributed by atoms with Crippen LogP contribution in [-0.2, 0) is 0 Å². The van der Waals surface area contributed by atoms with Gasteiger partial charge >= 0.3 is 0 Å². The summed E-state index contributed by atoms with van der Waals surface area (Å²) in [7, 11) is 0. The third kappa shape index (κ3) is 4.33. The highest BCUT2D eigenvalue weighted by Crippen LogP contribution is 2.38. The first-order chi connectivity index (χ1) is 23.8. The van der Waals surface area contributed by atoms with Gasteiger partial charge in [-0.15, -0.1) is 11.3 Å². The van der Waals surface area contributed by atoms with Gasteiger partial charge in [0.05, 0.1) is 11.0 Å². The molecule has 0 fully saturated rings. The van der Waals surface area contributed by atoms with Gasteiger partial charge in [0.1, 0.15) is 0 Å². The van der Waals surface area contributed by atoms with Crippen molar-refractivity contribution in [3.05, 3.63) is 158 Å². The highest BCUT2D eigenvalue weighted by Gasteiger charge is 2.19. The first kappa shape index (κ1) is 27.0. The molecule has 0 radical (unpaired) electrons. The summed E-state index contributed by atoms with van der Waals surface area (Å²) in [6, 6.07) is 55.6. The van der Waals surface area contributed by atoms with Crippen LogP contribution in [0.1, 0.15) is 0 Å². The van der Waals surface area contributed by atoms with Gasteiger partial charge in [-0.3, -0.25) is 4.57 Å². The summed E-state index contributed by atoms with van der Waals surface area (Å²) >= 11 is 1.81. The lowest BCUT2D eigenvalue weighted by Crippen LogP contribution is -2.06. The van der Waals surface area contributed by atoms with Crippen LogP contribution in [0.2, 0.25) is 0 Å². The molecule has 3 heterocycles. The summed E-state index contributed by atoms with van der Waals surface area (Å²) in [4.78, 5) is 15.6. The Hall–Kier alpha value is -6.17. The second kappa shape index (κ2) is 10.7. The van der Waals surface area contributed by atoms with Gasteiger partial charge in [-0.1, -0.05) is 115 Å². The van der Waals surface area contributed by atoms with Crippen molar-refractivity contribution < 1.29 is 0 Å². The average Bonchev–Trinajstić information content (AvgIpc) is 3.69. The molecule has 10 rings (SSSR count). The van der Waals surface area contributed by atoms with Gasteiger partial charge in [0.15, 0.2) is 11.6 Å². The Morgan fingerprint density at radius 3 is 1.81 bits per heavy atom. The van der Waals surface area contributed by atoms with E-state index in [-0.39, 0.29) is 0 Å². The molecule has 5 heteroatoms. The molecule has 0 saturated heterocycles. The molecule has 48 heavy (non-hydrogen) atoms. The van der Waals surface area contributed by atoms with E-state index in [0.29, 0.717) is 17.6 Å². The van der Waals surface area contributed by atoms with E-state index in [2.05, 4.69) is 156 Å². The van der Waals surface area contributed by atoms with Crippen molar-refractivity contribution in [2.24, 2.45) is 0 Å². The molecule has 7 aromatic carbocycles. The molecule has 0 aliphatic heterocycles. The molecule has 0 spiro atoms. The van der Waals surface area contributed by atoms with Crippen LogP contribution < -0.4 is 0 Å². The SMILES string of the molecule is c1ccc(-c2ccc(-c3nc(-c4ccc5sc6ccccc6c5c4)nc(-n4c5ccccc5c5cc6ccccc6cc54)n3)cc2)cc1. The average molecular weight is 631 g/mol. The molecule has 0 aliphatic rings. The van der Waals surface area contributed by atoms with Gasteiger partial charge in [0, 0.05) is 42.1 Å². The maximum atomic E-state index is 5.23. The second-order valence-corrected chi connectivity index (χ2v) is 13.2. The van der Waals surface area contributed by atoms with Crippen molar-refractivity contribution in [3.63, 3.8) is 0 Å². The van der Waals surface area contributed by atoms with Gasteiger partial charge in [0.2, 0.25) is 5.95 Å². The Labute approximate surface area is 280 Å². The van der Waals surface area contributed by atoms with Crippen molar-refractivity contribution in [2.75, 3.05) is 0 Å². The van der Waals surface area contributed by atoms with Crippen molar-refractivity contribution >= 4 is 64.1 Å². The monoisotopic (exact) mass is 630 g/mol. The summed E-state index contributed by atoms with van der Waals surface area (Å²) in [6.45, 7) is 0. The van der Waals surface area contributed by atoms with Gasteiger partial charge in [0.25, 0.3) is 0 Å². The zero-order valence-electron chi connectivity index (χ0n) is 25.7. The normalized spacial score (nSPS) is 11.8. The molecule has 0 bridgehead atoms. The molecule has 0 N–H and O–H groups in total. The fraction of sp³-hybridized carbons (Fsp3) is 0. The maximum absolute atomic E-state index is 5.23. The molecule has 0 saturated carbocycles. The number of fused-ring (bicyclic) bond motifs is 7. The third-order valence-electron chi connectivity index (χ3n) is 9.25. The predicted molar refractivity (Wildman–Crippen MR) is 201 cm³/mol. The van der Waals surface area contributed by atoms with E-state index in [0.717, 1.165) is 27.7 Å². The van der Waals surface area contributed by atoms with E-state index in [1.165, 1.54) is 47.3 Å². The van der Waals surface area contributed by atoms with Crippen molar-refractivity contribution in [1.29, 1.82) is 0 Å². The van der Waals surface area contributed by atoms with Crippen molar-refractivity contribution in [1.82, 2.24) is 19.5 Å². The summed E-state index contributed by atoms with van der Waals surface area (Å²) in [5.74, 6) is 1.88. The van der Waals surface area contributed by atoms with E-state index in [4.69, 9.17) is 15.0 Å². The number of nitrogens with zero attached hydrogens (tertiary/aromatic N) is 4. The summed E-state index contributed by atoms with van der Waals surface area (Å²) in [5.41, 5.74) is 6.35. The summed E-state index contributed by atoms with van der Waals surface area (Å²) in [6.07, 6.45) is 0. The van der Waals surface area contributed by atoms with Gasteiger partial charge in [-0.25, -0.2) is 4.98 Å². The lowest BCUT2D eigenvalue weighted by atomic mass is 10.0. The van der Waals surface area contributed by atoms with Crippen molar-refractivity contribution in [2.45, 2.75) is 0 Å². The van der Waals surface area contributed by atoms with Crippen LogP contribution in [0.15, 0.2) is 158 Å². The minimum absolute atomic E-state index is 0.596. The molecular formula is C43H26N4S. The number of benzene rings is 7. The van der Waals surface area contributed by atoms with E-state index in [1.807, 2.05) is 17.4 Å².